The molecule has 0 fully saturated rings. The van der Waals surface area contributed by atoms with Crippen molar-refractivity contribution in [2.45, 2.75) is 19.9 Å². The third-order valence-corrected chi connectivity index (χ3v) is 4.26. The number of hydrogen-bond acceptors (Lipinski definition) is 3. The van der Waals surface area contributed by atoms with E-state index in [2.05, 4.69) is 39.6 Å². The van der Waals surface area contributed by atoms with Gasteiger partial charge in [0.15, 0.2) is 0 Å². The molecule has 2 aromatic rings. The molecule has 3 rings (SSSR count). The number of para-hydroxylation sites is 2. The number of rotatable bonds is 2. The predicted octanol–water partition coefficient (Wildman–Crippen LogP) is 3.20. The lowest BCUT2D eigenvalue weighted by Crippen LogP contribution is -2.23. The third kappa shape index (κ3) is 2.36. The Bertz CT molecular complexity index is 620. The second-order valence-electron chi connectivity index (χ2n) is 5.20. The molecule has 4 nitrogen and oxygen atoms in total. The van der Waals surface area contributed by atoms with Crippen molar-refractivity contribution in [3.8, 4) is 0 Å². The molecule has 0 saturated heterocycles. The summed E-state index contributed by atoms with van der Waals surface area (Å²) in [7, 11) is 1.89. The maximum atomic E-state index is 6.36. The summed E-state index contributed by atoms with van der Waals surface area (Å²) in [5.74, 6) is 0. The number of benzene rings is 1. The van der Waals surface area contributed by atoms with Crippen LogP contribution in [-0.2, 0) is 13.6 Å². The lowest BCUT2D eigenvalue weighted by atomic mass is 10.2. The zero-order valence-electron chi connectivity index (χ0n) is 11.9. The summed E-state index contributed by atoms with van der Waals surface area (Å²) >= 11 is 6.36. The fraction of sp³-hybridized carbons (Fsp3) is 0.400. The van der Waals surface area contributed by atoms with Gasteiger partial charge in [-0.1, -0.05) is 23.7 Å². The molecule has 0 amide bonds. The third-order valence-electron chi connectivity index (χ3n) is 3.78. The first-order chi connectivity index (χ1) is 9.66. The van der Waals surface area contributed by atoms with Crippen molar-refractivity contribution in [1.29, 1.82) is 0 Å². The van der Waals surface area contributed by atoms with Gasteiger partial charge < -0.3 is 10.2 Å². The average molecular weight is 291 g/mol. The summed E-state index contributed by atoms with van der Waals surface area (Å²) in [5, 5.41) is 8.61. The molecule has 20 heavy (non-hydrogen) atoms. The van der Waals surface area contributed by atoms with Crippen molar-refractivity contribution < 1.29 is 0 Å². The van der Waals surface area contributed by atoms with Crippen LogP contribution in [-0.4, -0.2) is 22.9 Å². The van der Waals surface area contributed by atoms with Crippen LogP contribution >= 0.6 is 11.6 Å². The molecule has 1 aromatic heterocycles. The normalized spacial score (nSPS) is 14.7. The largest absolute Gasteiger partial charge is 0.383 e. The summed E-state index contributed by atoms with van der Waals surface area (Å²) in [6, 6.07) is 8.44. The van der Waals surface area contributed by atoms with Gasteiger partial charge in [0.1, 0.15) is 5.15 Å². The summed E-state index contributed by atoms with van der Waals surface area (Å²) in [5.41, 5.74) is 4.56. The van der Waals surface area contributed by atoms with Crippen molar-refractivity contribution >= 4 is 23.0 Å². The number of fused-ring (bicyclic) bond motifs is 1. The zero-order valence-corrected chi connectivity index (χ0v) is 12.6. The van der Waals surface area contributed by atoms with E-state index in [1.807, 2.05) is 14.0 Å². The van der Waals surface area contributed by atoms with Crippen LogP contribution < -0.4 is 10.2 Å². The second-order valence-corrected chi connectivity index (χ2v) is 5.56. The Labute approximate surface area is 124 Å². The van der Waals surface area contributed by atoms with Gasteiger partial charge in [0.25, 0.3) is 0 Å². The maximum absolute atomic E-state index is 6.36. The van der Waals surface area contributed by atoms with Gasteiger partial charge in [-0.2, -0.15) is 5.10 Å². The predicted molar refractivity (Wildman–Crippen MR) is 83.6 cm³/mol. The van der Waals surface area contributed by atoms with Crippen molar-refractivity contribution in [3.05, 3.63) is 40.7 Å². The van der Waals surface area contributed by atoms with Gasteiger partial charge in [-0.25, -0.2) is 0 Å². The topological polar surface area (TPSA) is 33.1 Å². The van der Waals surface area contributed by atoms with Crippen LogP contribution in [0.3, 0.4) is 0 Å². The minimum Gasteiger partial charge on any atom is -0.383 e. The van der Waals surface area contributed by atoms with Gasteiger partial charge in [0.05, 0.1) is 17.1 Å². The summed E-state index contributed by atoms with van der Waals surface area (Å²) in [6.45, 7) is 4.85. The molecule has 0 radical (unpaired) electrons. The fourth-order valence-corrected chi connectivity index (χ4v) is 2.96. The van der Waals surface area contributed by atoms with Crippen LogP contribution in [0.15, 0.2) is 24.3 Å². The fourth-order valence-electron chi connectivity index (χ4n) is 2.72. The second kappa shape index (κ2) is 5.37. The molecule has 1 N–H and O–H groups in total. The van der Waals surface area contributed by atoms with E-state index >= 15 is 0 Å². The molecule has 1 aromatic carbocycles. The molecule has 2 heterocycles. The van der Waals surface area contributed by atoms with E-state index in [9.17, 15) is 0 Å². The smallest absolute Gasteiger partial charge is 0.131 e. The van der Waals surface area contributed by atoms with Crippen molar-refractivity contribution in [2.24, 2.45) is 7.05 Å². The minimum atomic E-state index is 0.734. The van der Waals surface area contributed by atoms with Crippen LogP contribution in [0.2, 0.25) is 5.15 Å². The van der Waals surface area contributed by atoms with E-state index in [1.54, 1.807) is 4.68 Å². The van der Waals surface area contributed by atoms with E-state index < -0.39 is 0 Å². The molecule has 1 aliphatic rings. The van der Waals surface area contributed by atoms with E-state index in [1.165, 1.54) is 11.4 Å². The SMILES string of the molecule is Cc1nn(C)c(Cl)c1CN1CCCNc2ccccc21. The Morgan fingerprint density at radius 2 is 2.15 bits per heavy atom. The number of halogens is 1. The summed E-state index contributed by atoms with van der Waals surface area (Å²) in [6.07, 6.45) is 1.12. The first-order valence-corrected chi connectivity index (χ1v) is 7.30. The molecule has 0 spiro atoms. The van der Waals surface area contributed by atoms with Crippen molar-refractivity contribution in [1.82, 2.24) is 9.78 Å². The number of anilines is 2. The first kappa shape index (κ1) is 13.3. The molecule has 0 bridgehead atoms. The Morgan fingerprint density at radius 1 is 1.35 bits per heavy atom. The quantitative estimate of drug-likeness (QED) is 0.922. The standard InChI is InChI=1S/C15H19ClN4/c1-11-12(15(16)19(2)18-11)10-20-9-5-8-17-13-6-3-4-7-14(13)20/h3-4,6-7,17H,5,8-10H2,1-2H3. The average Bonchev–Trinajstić information content (AvgIpc) is 2.63. The van der Waals surface area contributed by atoms with Crippen LogP contribution in [0.5, 0.6) is 0 Å². The van der Waals surface area contributed by atoms with E-state index in [0.717, 1.165) is 42.5 Å². The van der Waals surface area contributed by atoms with Gasteiger partial charge in [0.2, 0.25) is 0 Å². The summed E-state index contributed by atoms with van der Waals surface area (Å²) < 4.78 is 1.74. The van der Waals surface area contributed by atoms with Crippen molar-refractivity contribution in [3.63, 3.8) is 0 Å². The molecule has 5 heteroatoms. The van der Waals surface area contributed by atoms with Crippen LogP contribution in [0.1, 0.15) is 17.7 Å². The Kier molecular flexibility index (Phi) is 3.57. The molecule has 1 aliphatic heterocycles. The van der Waals surface area contributed by atoms with Gasteiger partial charge in [-0.05, 0) is 25.5 Å². The highest BCUT2D eigenvalue weighted by atomic mass is 35.5. The highest BCUT2D eigenvalue weighted by Crippen LogP contribution is 2.31. The van der Waals surface area contributed by atoms with Gasteiger partial charge in [0, 0.05) is 32.2 Å². The lowest BCUT2D eigenvalue weighted by Gasteiger charge is -2.24. The Morgan fingerprint density at radius 3 is 2.90 bits per heavy atom. The Hall–Kier alpha value is -1.68. The zero-order chi connectivity index (χ0) is 14.1. The van der Waals surface area contributed by atoms with Gasteiger partial charge >= 0.3 is 0 Å². The van der Waals surface area contributed by atoms with E-state index in [0.29, 0.717) is 0 Å². The van der Waals surface area contributed by atoms with E-state index in [4.69, 9.17) is 11.6 Å². The summed E-state index contributed by atoms with van der Waals surface area (Å²) in [4.78, 5) is 2.38. The number of hydrogen-bond donors (Lipinski definition) is 1. The van der Waals surface area contributed by atoms with Gasteiger partial charge in [-0.3, -0.25) is 4.68 Å². The first-order valence-electron chi connectivity index (χ1n) is 6.92. The van der Waals surface area contributed by atoms with Crippen LogP contribution in [0.4, 0.5) is 11.4 Å². The van der Waals surface area contributed by atoms with Gasteiger partial charge in [-0.15, -0.1) is 0 Å². The molecule has 0 atom stereocenters. The Balaban J connectivity index is 1.94. The molecule has 0 aliphatic carbocycles. The number of aryl methyl sites for hydroxylation is 2. The van der Waals surface area contributed by atoms with Crippen LogP contribution in [0.25, 0.3) is 0 Å². The minimum absolute atomic E-state index is 0.734. The highest BCUT2D eigenvalue weighted by Gasteiger charge is 2.19. The number of nitrogens with one attached hydrogen (secondary N) is 1. The molecule has 0 unspecified atom stereocenters. The van der Waals surface area contributed by atoms with Crippen molar-refractivity contribution in [2.75, 3.05) is 23.3 Å². The molecule has 0 saturated carbocycles. The highest BCUT2D eigenvalue weighted by molar-refractivity contribution is 6.30. The lowest BCUT2D eigenvalue weighted by molar-refractivity contribution is 0.754. The molecular weight excluding hydrogens is 272 g/mol. The van der Waals surface area contributed by atoms with E-state index in [-0.39, 0.29) is 0 Å². The molecule has 106 valence electrons. The maximum Gasteiger partial charge on any atom is 0.131 e. The van der Waals surface area contributed by atoms with Crippen LogP contribution in [0, 0.1) is 6.92 Å². The number of aromatic nitrogens is 2. The number of nitrogens with zero attached hydrogens (tertiary/aromatic N) is 3. The monoisotopic (exact) mass is 290 g/mol. The molecular formula is C15H19ClN4.